The van der Waals surface area contributed by atoms with Gasteiger partial charge in [0.1, 0.15) is 0 Å². The third-order valence-electron chi connectivity index (χ3n) is 5.62. The fraction of sp³-hybridized carbons (Fsp3) is 0.292. The number of amides is 1. The maximum absolute atomic E-state index is 13.5. The standard InChI is InChI=1S/C24H22BrNO6S2/c25-19-20(32-13-18(27)28)22(24(30)31)34-21(19)14-6-4-9-16(12-14)26(15-7-2-1-3-8-15)23(29)17-10-5-11-33-17/h4-6,9-12,15H,1-3,7-8,13H2,(H,27,28)(H,30,31). The number of ether oxygens (including phenoxy) is 1. The fourth-order valence-electron chi connectivity index (χ4n) is 4.13. The number of thiophene rings is 2. The second-order valence-corrected chi connectivity index (χ2v) is 10.6. The molecule has 0 spiro atoms. The molecule has 3 aromatic rings. The van der Waals surface area contributed by atoms with Crippen LogP contribution in [0.3, 0.4) is 0 Å². The number of benzene rings is 1. The molecule has 1 fully saturated rings. The van der Waals surface area contributed by atoms with Gasteiger partial charge in [-0.3, -0.25) is 4.79 Å². The van der Waals surface area contributed by atoms with E-state index in [9.17, 15) is 19.5 Å². The number of halogens is 1. The van der Waals surface area contributed by atoms with Crippen LogP contribution in [0.4, 0.5) is 5.69 Å². The number of rotatable bonds is 8. The predicted molar refractivity (Wildman–Crippen MR) is 136 cm³/mol. The molecule has 1 amide bonds. The van der Waals surface area contributed by atoms with Crippen molar-refractivity contribution >= 4 is 62.1 Å². The zero-order valence-electron chi connectivity index (χ0n) is 18.0. The van der Waals surface area contributed by atoms with Crippen molar-refractivity contribution in [1.29, 1.82) is 0 Å². The SMILES string of the molecule is O=C(O)COc1c(C(=O)O)sc(-c2cccc(N(C(=O)c3cccs3)C3CCCCC3)c2)c1Br. The minimum atomic E-state index is -1.20. The van der Waals surface area contributed by atoms with Crippen LogP contribution in [0, 0.1) is 0 Å². The third kappa shape index (κ3) is 5.18. The lowest BCUT2D eigenvalue weighted by Gasteiger charge is -2.34. The first-order valence-electron chi connectivity index (χ1n) is 10.7. The lowest BCUT2D eigenvalue weighted by molar-refractivity contribution is -0.139. The molecule has 1 saturated carbocycles. The van der Waals surface area contributed by atoms with Gasteiger partial charge in [0.2, 0.25) is 0 Å². The monoisotopic (exact) mass is 563 g/mol. The van der Waals surface area contributed by atoms with Gasteiger partial charge in [0.05, 0.1) is 14.2 Å². The molecule has 0 atom stereocenters. The average Bonchev–Trinajstić information content (AvgIpc) is 3.47. The van der Waals surface area contributed by atoms with Gasteiger partial charge in [0.15, 0.2) is 17.2 Å². The highest BCUT2D eigenvalue weighted by Gasteiger charge is 2.29. The molecule has 2 aromatic heterocycles. The van der Waals surface area contributed by atoms with E-state index in [1.807, 2.05) is 46.7 Å². The van der Waals surface area contributed by atoms with Crippen LogP contribution >= 0.6 is 38.6 Å². The van der Waals surface area contributed by atoms with Crippen LogP contribution in [0.5, 0.6) is 5.75 Å². The summed E-state index contributed by atoms with van der Waals surface area (Å²) in [4.78, 5) is 39.3. The van der Waals surface area contributed by atoms with Crippen molar-refractivity contribution < 1.29 is 29.3 Å². The molecule has 10 heteroatoms. The quantitative estimate of drug-likeness (QED) is 0.329. The summed E-state index contributed by atoms with van der Waals surface area (Å²) in [6.45, 7) is -0.653. The van der Waals surface area contributed by atoms with Crippen LogP contribution in [0.2, 0.25) is 0 Å². The number of carboxylic acid groups (broad SMARTS) is 2. The Morgan fingerprint density at radius 1 is 1.09 bits per heavy atom. The number of hydrogen-bond acceptors (Lipinski definition) is 6. The highest BCUT2D eigenvalue weighted by atomic mass is 79.9. The molecule has 1 aliphatic rings. The Morgan fingerprint density at radius 3 is 2.50 bits per heavy atom. The molecule has 0 unspecified atom stereocenters. The molecule has 178 valence electrons. The van der Waals surface area contributed by atoms with E-state index in [4.69, 9.17) is 9.84 Å². The lowest BCUT2D eigenvalue weighted by atomic mass is 9.93. The zero-order valence-corrected chi connectivity index (χ0v) is 21.2. The Labute approximate surface area is 212 Å². The summed E-state index contributed by atoms with van der Waals surface area (Å²) in [6, 6.07) is 11.2. The minimum Gasteiger partial charge on any atom is -0.479 e. The van der Waals surface area contributed by atoms with Crippen molar-refractivity contribution in [3.8, 4) is 16.2 Å². The molecule has 0 radical (unpaired) electrons. The first-order chi connectivity index (χ1) is 16.4. The molecular formula is C24H22BrNO6S2. The van der Waals surface area contributed by atoms with Crippen LogP contribution in [-0.2, 0) is 4.79 Å². The summed E-state index contributed by atoms with van der Waals surface area (Å²) in [5, 5.41) is 20.5. The van der Waals surface area contributed by atoms with Gasteiger partial charge >= 0.3 is 11.9 Å². The lowest BCUT2D eigenvalue weighted by Crippen LogP contribution is -2.41. The molecule has 0 bridgehead atoms. The second-order valence-electron chi connectivity index (χ2n) is 7.89. The largest absolute Gasteiger partial charge is 0.479 e. The van der Waals surface area contributed by atoms with Gasteiger partial charge < -0.3 is 19.8 Å². The molecule has 34 heavy (non-hydrogen) atoms. The van der Waals surface area contributed by atoms with Crippen LogP contribution in [0.15, 0.2) is 46.3 Å². The Kier molecular flexibility index (Phi) is 7.70. The van der Waals surface area contributed by atoms with E-state index in [0.29, 0.717) is 19.8 Å². The summed E-state index contributed by atoms with van der Waals surface area (Å²) >= 11 is 5.81. The summed E-state index contributed by atoms with van der Waals surface area (Å²) in [6.07, 6.45) is 5.17. The number of aliphatic carboxylic acids is 1. The molecule has 2 N–H and O–H groups in total. The number of aromatic carboxylic acids is 1. The molecule has 1 aliphatic carbocycles. The van der Waals surface area contributed by atoms with Crippen molar-refractivity contribution in [2.24, 2.45) is 0 Å². The maximum atomic E-state index is 13.5. The normalized spacial score (nSPS) is 14.0. The van der Waals surface area contributed by atoms with E-state index in [0.717, 1.165) is 49.1 Å². The summed E-state index contributed by atoms with van der Waals surface area (Å²) in [5.74, 6) is -2.46. The first-order valence-corrected chi connectivity index (χ1v) is 13.2. The number of anilines is 1. The van der Waals surface area contributed by atoms with Crippen LogP contribution in [0.25, 0.3) is 10.4 Å². The summed E-state index contributed by atoms with van der Waals surface area (Å²) in [7, 11) is 0. The van der Waals surface area contributed by atoms with Gasteiger partial charge in [-0.25, -0.2) is 9.59 Å². The molecule has 1 aromatic carbocycles. The van der Waals surface area contributed by atoms with E-state index in [1.165, 1.54) is 11.3 Å². The molecule has 2 heterocycles. The fourth-order valence-corrected chi connectivity index (χ4v) is 6.68. The van der Waals surface area contributed by atoms with Gasteiger partial charge in [0.25, 0.3) is 5.91 Å². The number of carbonyl (C=O) groups is 3. The predicted octanol–water partition coefficient (Wildman–Crippen LogP) is 6.38. The van der Waals surface area contributed by atoms with E-state index in [-0.39, 0.29) is 22.6 Å². The summed E-state index contributed by atoms with van der Waals surface area (Å²) in [5.41, 5.74) is 1.45. The van der Waals surface area contributed by atoms with Crippen molar-refractivity contribution in [2.75, 3.05) is 11.5 Å². The molecule has 0 aliphatic heterocycles. The zero-order chi connectivity index (χ0) is 24.2. The van der Waals surface area contributed by atoms with Crippen LogP contribution in [-0.4, -0.2) is 40.7 Å². The minimum absolute atomic E-state index is 0.0147. The van der Waals surface area contributed by atoms with Crippen molar-refractivity contribution in [2.45, 2.75) is 38.1 Å². The van der Waals surface area contributed by atoms with Gasteiger partial charge in [-0.05, 0) is 57.9 Å². The van der Waals surface area contributed by atoms with Crippen LogP contribution in [0.1, 0.15) is 51.4 Å². The molecule has 4 rings (SSSR count). The Balaban J connectivity index is 1.75. The average molecular weight is 564 g/mol. The summed E-state index contributed by atoms with van der Waals surface area (Å²) < 4.78 is 5.65. The van der Waals surface area contributed by atoms with Gasteiger partial charge in [-0.1, -0.05) is 37.5 Å². The highest BCUT2D eigenvalue weighted by molar-refractivity contribution is 9.10. The van der Waals surface area contributed by atoms with Crippen LogP contribution < -0.4 is 9.64 Å². The van der Waals surface area contributed by atoms with E-state index in [1.54, 1.807) is 0 Å². The van der Waals surface area contributed by atoms with Gasteiger partial charge in [-0.15, -0.1) is 22.7 Å². The number of carbonyl (C=O) groups excluding carboxylic acids is 1. The smallest absolute Gasteiger partial charge is 0.349 e. The Hall–Kier alpha value is -2.69. The second kappa shape index (κ2) is 10.7. The highest BCUT2D eigenvalue weighted by Crippen LogP contribution is 2.46. The maximum Gasteiger partial charge on any atom is 0.349 e. The van der Waals surface area contributed by atoms with E-state index < -0.39 is 18.5 Å². The van der Waals surface area contributed by atoms with E-state index >= 15 is 0 Å². The van der Waals surface area contributed by atoms with Crippen molar-refractivity contribution in [3.05, 3.63) is 56.0 Å². The van der Waals surface area contributed by atoms with Gasteiger partial charge in [0, 0.05) is 11.7 Å². The van der Waals surface area contributed by atoms with Gasteiger partial charge in [-0.2, -0.15) is 0 Å². The Bertz CT molecular complexity index is 1200. The topological polar surface area (TPSA) is 104 Å². The first kappa shape index (κ1) is 24.4. The number of carboxylic acids is 2. The molecular weight excluding hydrogens is 542 g/mol. The van der Waals surface area contributed by atoms with Crippen molar-refractivity contribution in [1.82, 2.24) is 0 Å². The Morgan fingerprint density at radius 2 is 1.85 bits per heavy atom. The molecule has 7 nitrogen and oxygen atoms in total. The number of nitrogens with zero attached hydrogens (tertiary/aromatic N) is 1. The van der Waals surface area contributed by atoms with Crippen molar-refractivity contribution in [3.63, 3.8) is 0 Å². The van der Waals surface area contributed by atoms with E-state index in [2.05, 4.69) is 15.9 Å². The molecule has 0 saturated heterocycles. The number of hydrogen-bond donors (Lipinski definition) is 2. The third-order valence-corrected chi connectivity index (χ3v) is 8.71.